The van der Waals surface area contributed by atoms with Crippen LogP contribution in [0.25, 0.3) is 0 Å². The van der Waals surface area contributed by atoms with Crippen LogP contribution in [0.2, 0.25) is 0 Å². The lowest BCUT2D eigenvalue weighted by Gasteiger charge is -2.15. The number of benzene rings is 1. The second-order valence-electron chi connectivity index (χ2n) is 4.45. The number of hydrogen-bond acceptors (Lipinski definition) is 2. The molecule has 3 N–H and O–H groups in total. The molecule has 1 atom stereocenters. The van der Waals surface area contributed by atoms with Gasteiger partial charge in [-0.25, -0.2) is 0 Å². The van der Waals surface area contributed by atoms with E-state index >= 15 is 0 Å². The summed E-state index contributed by atoms with van der Waals surface area (Å²) in [6, 6.07) is 8.93. The van der Waals surface area contributed by atoms with E-state index in [2.05, 4.69) is 17.4 Å². The van der Waals surface area contributed by atoms with Gasteiger partial charge < -0.3 is 11.1 Å². The van der Waals surface area contributed by atoms with Crippen LogP contribution in [0.1, 0.15) is 31.2 Å². The third-order valence-electron chi connectivity index (χ3n) is 3.12. The van der Waals surface area contributed by atoms with E-state index in [1.807, 2.05) is 12.1 Å². The van der Waals surface area contributed by atoms with Crippen LogP contribution in [0, 0.1) is 0 Å². The topological polar surface area (TPSA) is 38.0 Å². The van der Waals surface area contributed by atoms with Gasteiger partial charge in [-0.15, -0.1) is 0 Å². The van der Waals surface area contributed by atoms with Crippen molar-refractivity contribution in [3.63, 3.8) is 0 Å². The van der Waals surface area contributed by atoms with Gasteiger partial charge in [-0.3, -0.25) is 0 Å². The maximum Gasteiger partial charge on any atom is 0.0314 e. The lowest BCUT2D eigenvalue weighted by molar-refractivity contribution is 0.507. The van der Waals surface area contributed by atoms with E-state index < -0.39 is 0 Å². The molecule has 0 aliphatic carbocycles. The Morgan fingerprint density at radius 1 is 1.13 bits per heavy atom. The summed E-state index contributed by atoms with van der Waals surface area (Å²) in [6.07, 6.45) is 6.53. The van der Waals surface area contributed by atoms with Crippen LogP contribution in [0.3, 0.4) is 0 Å². The first-order valence-electron chi connectivity index (χ1n) is 5.92. The van der Waals surface area contributed by atoms with E-state index in [4.69, 9.17) is 5.73 Å². The molecule has 1 aliphatic rings. The molecule has 1 aromatic rings. The maximum absolute atomic E-state index is 5.67. The van der Waals surface area contributed by atoms with Crippen LogP contribution in [0.5, 0.6) is 0 Å². The Labute approximate surface area is 91.9 Å². The molecular weight excluding hydrogens is 184 g/mol. The van der Waals surface area contributed by atoms with Gasteiger partial charge in [-0.1, -0.05) is 25.0 Å². The highest BCUT2D eigenvalue weighted by Crippen LogP contribution is 2.14. The number of anilines is 1. The molecule has 1 aliphatic heterocycles. The van der Waals surface area contributed by atoms with Gasteiger partial charge >= 0.3 is 0 Å². The van der Waals surface area contributed by atoms with E-state index in [1.165, 1.54) is 37.8 Å². The van der Waals surface area contributed by atoms with Gasteiger partial charge in [-0.2, -0.15) is 0 Å². The molecule has 0 radical (unpaired) electrons. The minimum atomic E-state index is 0.663. The Hall–Kier alpha value is -1.02. The van der Waals surface area contributed by atoms with Crippen LogP contribution < -0.4 is 11.1 Å². The summed E-state index contributed by atoms with van der Waals surface area (Å²) in [6.45, 7) is 1.18. The predicted octanol–water partition coefficient (Wildman–Crippen LogP) is 2.34. The van der Waals surface area contributed by atoms with E-state index in [0.29, 0.717) is 6.04 Å². The fourth-order valence-corrected chi connectivity index (χ4v) is 2.21. The van der Waals surface area contributed by atoms with Crippen LogP contribution in [0.4, 0.5) is 5.69 Å². The van der Waals surface area contributed by atoms with E-state index in [9.17, 15) is 0 Å². The number of nitrogens with one attached hydrogen (secondary N) is 1. The summed E-state index contributed by atoms with van der Waals surface area (Å²) in [5.74, 6) is 0. The Bertz CT molecular complexity index is 284. The van der Waals surface area contributed by atoms with Gasteiger partial charge in [0.15, 0.2) is 0 Å². The molecule has 0 saturated carbocycles. The molecular formula is C13H20N2. The number of nitrogens with two attached hydrogens (primary N) is 1. The highest BCUT2D eigenvalue weighted by atomic mass is 14.9. The summed E-state index contributed by atoms with van der Waals surface area (Å²) in [4.78, 5) is 0. The number of hydrogen-bond donors (Lipinski definition) is 2. The molecule has 0 spiro atoms. The smallest absolute Gasteiger partial charge is 0.0314 e. The summed E-state index contributed by atoms with van der Waals surface area (Å²) in [5.41, 5.74) is 7.92. The monoisotopic (exact) mass is 204 g/mol. The zero-order valence-corrected chi connectivity index (χ0v) is 9.21. The second-order valence-corrected chi connectivity index (χ2v) is 4.45. The highest BCUT2D eigenvalue weighted by Gasteiger charge is 2.11. The van der Waals surface area contributed by atoms with Gasteiger partial charge in [0, 0.05) is 11.7 Å². The first-order chi connectivity index (χ1) is 7.34. The Morgan fingerprint density at radius 3 is 2.73 bits per heavy atom. The van der Waals surface area contributed by atoms with Crippen molar-refractivity contribution in [3.8, 4) is 0 Å². The van der Waals surface area contributed by atoms with Crippen LogP contribution in [-0.4, -0.2) is 12.6 Å². The fourth-order valence-electron chi connectivity index (χ4n) is 2.21. The van der Waals surface area contributed by atoms with Crippen molar-refractivity contribution in [3.05, 3.63) is 29.8 Å². The highest BCUT2D eigenvalue weighted by molar-refractivity contribution is 5.39. The molecule has 1 fully saturated rings. The molecule has 15 heavy (non-hydrogen) atoms. The lowest BCUT2D eigenvalue weighted by Crippen LogP contribution is -2.30. The minimum Gasteiger partial charge on any atom is -0.399 e. The Kier molecular flexibility index (Phi) is 3.62. The second kappa shape index (κ2) is 5.17. The molecule has 1 aromatic carbocycles. The molecule has 0 aromatic heterocycles. The van der Waals surface area contributed by atoms with Crippen molar-refractivity contribution in [2.45, 2.75) is 38.1 Å². The lowest BCUT2D eigenvalue weighted by atomic mass is 10.0. The molecule has 1 unspecified atom stereocenters. The first-order valence-corrected chi connectivity index (χ1v) is 5.92. The van der Waals surface area contributed by atoms with Crippen LogP contribution >= 0.6 is 0 Å². The van der Waals surface area contributed by atoms with Crippen molar-refractivity contribution in [1.82, 2.24) is 5.32 Å². The Balaban J connectivity index is 1.92. The van der Waals surface area contributed by atoms with Gasteiger partial charge in [0.2, 0.25) is 0 Å². The van der Waals surface area contributed by atoms with Gasteiger partial charge in [0.1, 0.15) is 0 Å². The van der Waals surface area contributed by atoms with Crippen molar-refractivity contribution in [2.75, 3.05) is 12.3 Å². The summed E-state index contributed by atoms with van der Waals surface area (Å²) in [5, 5.41) is 3.61. The van der Waals surface area contributed by atoms with E-state index in [1.54, 1.807) is 0 Å². The average molecular weight is 204 g/mol. The van der Waals surface area contributed by atoms with Crippen molar-refractivity contribution < 1.29 is 0 Å². The third kappa shape index (κ3) is 3.24. The number of nitrogen functional groups attached to an aromatic ring is 1. The average Bonchev–Trinajstić information content (AvgIpc) is 2.50. The summed E-state index contributed by atoms with van der Waals surface area (Å²) in [7, 11) is 0. The largest absolute Gasteiger partial charge is 0.399 e. The van der Waals surface area contributed by atoms with Crippen molar-refractivity contribution >= 4 is 5.69 Å². The van der Waals surface area contributed by atoms with Gasteiger partial charge in [-0.05, 0) is 43.5 Å². The predicted molar refractivity (Wildman–Crippen MR) is 64.8 cm³/mol. The normalized spacial score (nSPS) is 22.3. The molecule has 0 amide bonds. The molecule has 2 rings (SSSR count). The molecule has 1 heterocycles. The fraction of sp³-hybridized carbons (Fsp3) is 0.538. The SMILES string of the molecule is Nc1ccc(CC2CCCCCN2)cc1. The Morgan fingerprint density at radius 2 is 1.93 bits per heavy atom. The van der Waals surface area contributed by atoms with Crippen LogP contribution in [0.15, 0.2) is 24.3 Å². The number of rotatable bonds is 2. The van der Waals surface area contributed by atoms with Gasteiger partial charge in [0.05, 0.1) is 0 Å². The van der Waals surface area contributed by atoms with Crippen molar-refractivity contribution in [2.24, 2.45) is 0 Å². The molecule has 2 nitrogen and oxygen atoms in total. The molecule has 2 heteroatoms. The zero-order valence-electron chi connectivity index (χ0n) is 9.21. The quantitative estimate of drug-likeness (QED) is 0.726. The first kappa shape index (κ1) is 10.5. The molecule has 0 bridgehead atoms. The van der Waals surface area contributed by atoms with E-state index in [0.717, 1.165) is 12.1 Å². The molecule has 82 valence electrons. The minimum absolute atomic E-state index is 0.663. The zero-order chi connectivity index (χ0) is 10.5. The summed E-state index contributed by atoms with van der Waals surface area (Å²) >= 11 is 0. The standard InChI is InChI=1S/C13H20N2/c14-12-7-5-11(6-8-12)10-13-4-2-1-3-9-15-13/h5-8,13,15H,1-4,9-10,14H2. The third-order valence-corrected chi connectivity index (χ3v) is 3.12. The van der Waals surface area contributed by atoms with Gasteiger partial charge in [0.25, 0.3) is 0 Å². The molecule has 1 saturated heterocycles. The van der Waals surface area contributed by atoms with Crippen molar-refractivity contribution in [1.29, 1.82) is 0 Å². The summed E-state index contributed by atoms with van der Waals surface area (Å²) < 4.78 is 0. The maximum atomic E-state index is 5.67. The van der Waals surface area contributed by atoms with E-state index in [-0.39, 0.29) is 0 Å². The van der Waals surface area contributed by atoms with Crippen LogP contribution in [-0.2, 0) is 6.42 Å².